The summed E-state index contributed by atoms with van der Waals surface area (Å²) in [5.74, 6) is 0.860. The van der Waals surface area contributed by atoms with Crippen molar-refractivity contribution in [1.29, 1.82) is 0 Å². The molecule has 0 spiro atoms. The Morgan fingerprint density at radius 3 is 2.29 bits per heavy atom. The van der Waals surface area contributed by atoms with Crippen molar-refractivity contribution < 1.29 is 0 Å². The van der Waals surface area contributed by atoms with E-state index in [2.05, 4.69) is 73.5 Å². The maximum atomic E-state index is 4.26. The minimum absolute atomic E-state index is 0.0974. The van der Waals surface area contributed by atoms with Crippen molar-refractivity contribution in [1.82, 2.24) is 10.2 Å². The first kappa shape index (κ1) is 11.7. The zero-order valence-electron chi connectivity index (χ0n) is 10.8. The van der Waals surface area contributed by atoms with Crippen molar-refractivity contribution in [3.05, 3.63) is 41.6 Å². The Balaban J connectivity index is 2.14. The average Bonchev–Trinajstić information content (AvgIpc) is 2.69. The number of benzene rings is 1. The highest BCUT2D eigenvalue weighted by atomic mass is 15.2. The molecule has 0 unspecified atom stereocenters. The maximum Gasteiger partial charge on any atom is 0.152 e. The minimum atomic E-state index is 0.0974. The van der Waals surface area contributed by atoms with Crippen LogP contribution in [-0.4, -0.2) is 10.2 Å². The SMILES string of the molecule is Cc1ccc(Nc2cc(C(C)(C)C)[nH]n2)cc1. The number of aromatic nitrogens is 2. The van der Waals surface area contributed by atoms with E-state index < -0.39 is 0 Å². The smallest absolute Gasteiger partial charge is 0.152 e. The molecule has 0 fully saturated rings. The molecular weight excluding hydrogens is 210 g/mol. The second-order valence-electron chi connectivity index (χ2n) is 5.41. The second-order valence-corrected chi connectivity index (χ2v) is 5.41. The number of H-pyrrole nitrogens is 1. The van der Waals surface area contributed by atoms with E-state index in [0.717, 1.165) is 17.2 Å². The molecule has 2 N–H and O–H groups in total. The van der Waals surface area contributed by atoms with E-state index in [1.807, 2.05) is 0 Å². The van der Waals surface area contributed by atoms with Gasteiger partial charge in [0.05, 0.1) is 0 Å². The van der Waals surface area contributed by atoms with Gasteiger partial charge in [-0.25, -0.2) is 0 Å². The molecule has 2 aromatic rings. The molecule has 0 atom stereocenters. The highest BCUT2D eigenvalue weighted by Gasteiger charge is 2.16. The Labute approximate surface area is 102 Å². The Morgan fingerprint density at radius 2 is 1.76 bits per heavy atom. The molecule has 17 heavy (non-hydrogen) atoms. The normalized spacial score (nSPS) is 11.5. The fraction of sp³-hybridized carbons (Fsp3) is 0.357. The average molecular weight is 229 g/mol. The van der Waals surface area contributed by atoms with Crippen LogP contribution in [0.1, 0.15) is 32.0 Å². The predicted molar refractivity (Wildman–Crippen MR) is 71.7 cm³/mol. The van der Waals surface area contributed by atoms with Crippen LogP contribution in [0.2, 0.25) is 0 Å². The number of nitrogens with zero attached hydrogens (tertiary/aromatic N) is 1. The summed E-state index contributed by atoms with van der Waals surface area (Å²) in [6.45, 7) is 8.57. The van der Waals surface area contributed by atoms with Crippen LogP contribution in [0, 0.1) is 6.92 Å². The van der Waals surface area contributed by atoms with E-state index in [4.69, 9.17) is 0 Å². The zero-order valence-corrected chi connectivity index (χ0v) is 10.8. The van der Waals surface area contributed by atoms with Gasteiger partial charge < -0.3 is 5.32 Å². The molecule has 3 heteroatoms. The number of hydrogen-bond acceptors (Lipinski definition) is 2. The molecular formula is C14H19N3. The first-order chi connectivity index (χ1) is 7.95. The summed E-state index contributed by atoms with van der Waals surface area (Å²) >= 11 is 0. The van der Waals surface area contributed by atoms with Gasteiger partial charge in [-0.2, -0.15) is 5.10 Å². The highest BCUT2D eigenvalue weighted by Crippen LogP contribution is 2.23. The number of nitrogens with one attached hydrogen (secondary N) is 2. The Morgan fingerprint density at radius 1 is 1.12 bits per heavy atom. The van der Waals surface area contributed by atoms with Crippen LogP contribution in [0.5, 0.6) is 0 Å². The lowest BCUT2D eigenvalue weighted by Crippen LogP contribution is -2.11. The second kappa shape index (κ2) is 4.24. The molecule has 2 rings (SSSR count). The summed E-state index contributed by atoms with van der Waals surface area (Å²) in [6.07, 6.45) is 0. The standard InChI is InChI=1S/C14H19N3/c1-10-5-7-11(8-6-10)15-13-9-12(16-17-13)14(2,3)4/h5-9H,1-4H3,(H2,15,16,17). The van der Waals surface area contributed by atoms with E-state index in [0.29, 0.717) is 0 Å². The molecule has 90 valence electrons. The first-order valence-corrected chi connectivity index (χ1v) is 5.85. The van der Waals surface area contributed by atoms with Gasteiger partial charge in [0.15, 0.2) is 5.82 Å². The Hall–Kier alpha value is -1.77. The van der Waals surface area contributed by atoms with Gasteiger partial charge in [-0.05, 0) is 19.1 Å². The van der Waals surface area contributed by atoms with E-state index >= 15 is 0 Å². The first-order valence-electron chi connectivity index (χ1n) is 5.85. The number of aromatic amines is 1. The Bertz CT molecular complexity index is 489. The summed E-state index contributed by atoms with van der Waals surface area (Å²) in [4.78, 5) is 0. The van der Waals surface area contributed by atoms with E-state index in [9.17, 15) is 0 Å². The van der Waals surface area contributed by atoms with E-state index in [1.165, 1.54) is 5.56 Å². The quantitative estimate of drug-likeness (QED) is 0.823. The van der Waals surface area contributed by atoms with Gasteiger partial charge in [0.2, 0.25) is 0 Å². The largest absolute Gasteiger partial charge is 0.339 e. The Kier molecular flexibility index (Phi) is 2.92. The maximum absolute atomic E-state index is 4.26. The van der Waals surface area contributed by atoms with Crippen LogP contribution in [0.15, 0.2) is 30.3 Å². The van der Waals surface area contributed by atoms with E-state index in [1.54, 1.807) is 0 Å². The third-order valence-corrected chi connectivity index (χ3v) is 2.71. The van der Waals surface area contributed by atoms with Gasteiger partial charge >= 0.3 is 0 Å². The van der Waals surface area contributed by atoms with Gasteiger partial charge in [0.25, 0.3) is 0 Å². The van der Waals surface area contributed by atoms with Crippen molar-refractivity contribution in [2.45, 2.75) is 33.1 Å². The molecule has 1 aromatic heterocycles. The van der Waals surface area contributed by atoms with Gasteiger partial charge in [-0.15, -0.1) is 0 Å². The highest BCUT2D eigenvalue weighted by molar-refractivity contribution is 5.56. The van der Waals surface area contributed by atoms with Gasteiger partial charge in [0, 0.05) is 22.9 Å². The molecule has 0 aliphatic rings. The molecule has 0 saturated heterocycles. The summed E-state index contributed by atoms with van der Waals surface area (Å²) in [6, 6.07) is 10.3. The van der Waals surface area contributed by atoms with Gasteiger partial charge in [0.1, 0.15) is 0 Å². The minimum Gasteiger partial charge on any atom is -0.339 e. The van der Waals surface area contributed by atoms with Gasteiger partial charge in [-0.3, -0.25) is 5.10 Å². The van der Waals surface area contributed by atoms with Crippen molar-refractivity contribution in [3.63, 3.8) is 0 Å². The lowest BCUT2D eigenvalue weighted by Gasteiger charge is -2.14. The lowest BCUT2D eigenvalue weighted by molar-refractivity contribution is 0.567. The monoisotopic (exact) mass is 229 g/mol. The lowest BCUT2D eigenvalue weighted by atomic mass is 9.92. The van der Waals surface area contributed by atoms with E-state index in [-0.39, 0.29) is 5.41 Å². The molecule has 0 aliphatic carbocycles. The molecule has 1 heterocycles. The summed E-state index contributed by atoms with van der Waals surface area (Å²) in [5.41, 5.74) is 3.54. The summed E-state index contributed by atoms with van der Waals surface area (Å²) in [5, 5.41) is 10.6. The molecule has 0 radical (unpaired) electrons. The predicted octanol–water partition coefficient (Wildman–Crippen LogP) is 3.76. The van der Waals surface area contributed by atoms with Crippen LogP contribution in [-0.2, 0) is 5.41 Å². The summed E-state index contributed by atoms with van der Waals surface area (Å²) in [7, 11) is 0. The topological polar surface area (TPSA) is 40.7 Å². The number of hydrogen-bond donors (Lipinski definition) is 2. The molecule has 3 nitrogen and oxygen atoms in total. The molecule has 1 aromatic carbocycles. The van der Waals surface area contributed by atoms with Gasteiger partial charge in [-0.1, -0.05) is 38.5 Å². The fourth-order valence-corrected chi connectivity index (χ4v) is 1.55. The molecule has 0 bridgehead atoms. The van der Waals surface area contributed by atoms with Crippen LogP contribution < -0.4 is 5.32 Å². The van der Waals surface area contributed by atoms with Crippen molar-refractivity contribution in [3.8, 4) is 0 Å². The molecule has 0 saturated carbocycles. The number of aryl methyl sites for hydroxylation is 1. The van der Waals surface area contributed by atoms with Crippen molar-refractivity contribution >= 4 is 11.5 Å². The van der Waals surface area contributed by atoms with Crippen molar-refractivity contribution in [2.24, 2.45) is 0 Å². The number of anilines is 2. The van der Waals surface area contributed by atoms with Crippen LogP contribution in [0.25, 0.3) is 0 Å². The molecule has 0 amide bonds. The summed E-state index contributed by atoms with van der Waals surface area (Å²) < 4.78 is 0. The third kappa shape index (κ3) is 2.87. The number of rotatable bonds is 2. The van der Waals surface area contributed by atoms with Crippen LogP contribution in [0.4, 0.5) is 11.5 Å². The van der Waals surface area contributed by atoms with Crippen molar-refractivity contribution in [2.75, 3.05) is 5.32 Å². The fourth-order valence-electron chi connectivity index (χ4n) is 1.55. The van der Waals surface area contributed by atoms with Crippen LogP contribution in [0.3, 0.4) is 0 Å². The molecule has 0 aliphatic heterocycles. The van der Waals surface area contributed by atoms with Crippen LogP contribution >= 0.6 is 0 Å². The third-order valence-electron chi connectivity index (χ3n) is 2.71. The zero-order chi connectivity index (χ0) is 12.5.